The largest absolute Gasteiger partial charge is 0.466 e. The zero-order valence-corrected chi connectivity index (χ0v) is 12.2. The number of carbonyl (C=O) groups excluding carboxylic acids is 1. The fourth-order valence-corrected chi connectivity index (χ4v) is 2.32. The van der Waals surface area contributed by atoms with Crippen molar-refractivity contribution in [3.05, 3.63) is 32.9 Å². The molecule has 0 spiro atoms. The van der Waals surface area contributed by atoms with Gasteiger partial charge in [-0.3, -0.25) is 4.99 Å². The monoisotopic (exact) mass is 337 g/mol. The van der Waals surface area contributed by atoms with Crippen molar-refractivity contribution in [2.24, 2.45) is 4.99 Å². The second-order valence-corrected chi connectivity index (χ2v) is 5.74. The standard InChI is InChI=1S/C12H8BrN3O2S/c1-18-11(17)4-5-12(7-14,8-15)16-6-9-2-3-10(13)19-9/h2-6H,1H3. The summed E-state index contributed by atoms with van der Waals surface area (Å²) in [5.41, 5.74) is -1.73. The maximum absolute atomic E-state index is 11.0. The molecule has 96 valence electrons. The van der Waals surface area contributed by atoms with Crippen LogP contribution in [-0.2, 0) is 9.53 Å². The normalized spacial score (nSPS) is 11.4. The van der Waals surface area contributed by atoms with Gasteiger partial charge >= 0.3 is 5.97 Å². The number of rotatable bonds is 4. The summed E-state index contributed by atoms with van der Waals surface area (Å²) in [5, 5.41) is 18.1. The van der Waals surface area contributed by atoms with Gasteiger partial charge < -0.3 is 4.74 Å². The number of methoxy groups -OCH3 is 1. The quantitative estimate of drug-likeness (QED) is 0.479. The van der Waals surface area contributed by atoms with Gasteiger partial charge in [-0.15, -0.1) is 11.3 Å². The third-order valence-electron chi connectivity index (χ3n) is 1.99. The second kappa shape index (κ2) is 6.83. The van der Waals surface area contributed by atoms with E-state index in [9.17, 15) is 4.79 Å². The highest BCUT2D eigenvalue weighted by atomic mass is 79.9. The Balaban J connectivity index is 2.98. The Bertz CT molecular complexity index is 593. The lowest BCUT2D eigenvalue weighted by molar-refractivity contribution is -0.134. The van der Waals surface area contributed by atoms with Gasteiger partial charge in [-0.1, -0.05) is 0 Å². The first kappa shape index (κ1) is 15.1. The lowest BCUT2D eigenvalue weighted by atomic mass is 10.0. The molecule has 1 aromatic heterocycles. The highest BCUT2D eigenvalue weighted by Crippen LogP contribution is 2.21. The molecule has 0 aromatic carbocycles. The average molecular weight is 338 g/mol. The molecular formula is C12H8BrN3O2S. The van der Waals surface area contributed by atoms with E-state index in [0.717, 1.165) is 20.8 Å². The second-order valence-electron chi connectivity index (χ2n) is 3.25. The van der Waals surface area contributed by atoms with Crippen LogP contribution in [0.4, 0.5) is 0 Å². The van der Waals surface area contributed by atoms with Crippen LogP contribution in [0.5, 0.6) is 0 Å². The number of aliphatic imine (C=N–C) groups is 1. The third kappa shape index (κ3) is 4.32. The van der Waals surface area contributed by atoms with Crippen molar-refractivity contribution < 1.29 is 9.53 Å². The molecule has 1 heterocycles. The van der Waals surface area contributed by atoms with Crippen molar-refractivity contribution in [3.63, 3.8) is 0 Å². The molecule has 0 aliphatic heterocycles. The number of thiophene rings is 1. The van der Waals surface area contributed by atoms with E-state index in [1.807, 2.05) is 6.07 Å². The first-order valence-corrected chi connectivity index (χ1v) is 6.56. The van der Waals surface area contributed by atoms with Gasteiger partial charge in [-0.25, -0.2) is 4.79 Å². The van der Waals surface area contributed by atoms with Gasteiger partial charge in [0.15, 0.2) is 0 Å². The summed E-state index contributed by atoms with van der Waals surface area (Å²) in [6, 6.07) is 7.15. The summed E-state index contributed by atoms with van der Waals surface area (Å²) in [6.45, 7) is 0. The van der Waals surface area contributed by atoms with Crippen LogP contribution in [0.25, 0.3) is 0 Å². The molecular weight excluding hydrogens is 330 g/mol. The molecule has 0 unspecified atom stereocenters. The molecule has 0 N–H and O–H groups in total. The van der Waals surface area contributed by atoms with Crippen molar-refractivity contribution in [3.8, 4) is 12.1 Å². The van der Waals surface area contributed by atoms with Gasteiger partial charge in [-0.05, 0) is 34.1 Å². The topological polar surface area (TPSA) is 86.2 Å². The fourth-order valence-electron chi connectivity index (χ4n) is 1.02. The average Bonchev–Trinajstić information content (AvgIpc) is 2.85. The van der Waals surface area contributed by atoms with E-state index in [0.29, 0.717) is 0 Å². The molecule has 1 aromatic rings. The third-order valence-corrected chi connectivity index (χ3v) is 3.55. The predicted molar refractivity (Wildman–Crippen MR) is 74.7 cm³/mol. The lowest BCUT2D eigenvalue weighted by Gasteiger charge is -2.06. The van der Waals surface area contributed by atoms with E-state index in [-0.39, 0.29) is 0 Å². The van der Waals surface area contributed by atoms with Gasteiger partial charge in [0, 0.05) is 17.2 Å². The summed E-state index contributed by atoms with van der Waals surface area (Å²) in [5.74, 6) is -0.649. The number of nitrogens with zero attached hydrogens (tertiary/aromatic N) is 3. The Morgan fingerprint density at radius 1 is 1.53 bits per heavy atom. The van der Waals surface area contributed by atoms with E-state index >= 15 is 0 Å². The minimum Gasteiger partial charge on any atom is -0.466 e. The molecule has 7 heteroatoms. The van der Waals surface area contributed by atoms with Crippen LogP contribution in [0.2, 0.25) is 0 Å². The molecule has 0 saturated heterocycles. The van der Waals surface area contributed by atoms with E-state index in [4.69, 9.17) is 10.5 Å². The summed E-state index contributed by atoms with van der Waals surface area (Å²) in [6.07, 6.45) is 3.54. The Labute approximate surface area is 122 Å². The van der Waals surface area contributed by atoms with Gasteiger partial charge in [0.1, 0.15) is 12.1 Å². The van der Waals surface area contributed by atoms with Crippen LogP contribution < -0.4 is 0 Å². The molecule has 0 saturated carbocycles. The van der Waals surface area contributed by atoms with Crippen LogP contribution in [0.3, 0.4) is 0 Å². The van der Waals surface area contributed by atoms with Crippen molar-refractivity contribution in [1.29, 1.82) is 10.5 Å². The minimum atomic E-state index is -1.73. The first-order chi connectivity index (χ1) is 9.05. The predicted octanol–water partition coefficient (Wildman–Crippen LogP) is 2.44. The maximum Gasteiger partial charge on any atom is 0.330 e. The lowest BCUT2D eigenvalue weighted by Crippen LogP contribution is -2.19. The molecule has 0 aliphatic rings. The smallest absolute Gasteiger partial charge is 0.330 e. The SMILES string of the molecule is COC(=O)C=CC(C#N)(C#N)N=Cc1ccc(Br)s1. The highest BCUT2D eigenvalue weighted by Gasteiger charge is 2.25. The van der Waals surface area contributed by atoms with Crippen LogP contribution in [0, 0.1) is 22.7 Å². The van der Waals surface area contributed by atoms with Gasteiger partial charge in [0.2, 0.25) is 0 Å². The first-order valence-electron chi connectivity index (χ1n) is 4.95. The number of esters is 1. The number of hydrogen-bond donors (Lipinski definition) is 0. The van der Waals surface area contributed by atoms with Crippen molar-refractivity contribution in [1.82, 2.24) is 0 Å². The molecule has 0 bridgehead atoms. The van der Waals surface area contributed by atoms with E-state index < -0.39 is 11.5 Å². The van der Waals surface area contributed by atoms with Crippen LogP contribution in [0.15, 0.2) is 33.1 Å². The molecule has 0 radical (unpaired) electrons. The van der Waals surface area contributed by atoms with E-state index in [1.165, 1.54) is 24.7 Å². The number of hydrogen-bond acceptors (Lipinski definition) is 6. The molecule has 5 nitrogen and oxygen atoms in total. The Kier molecular flexibility index (Phi) is 5.43. The molecule has 19 heavy (non-hydrogen) atoms. The Hall–Kier alpha value is -1.96. The number of carbonyl (C=O) groups is 1. The van der Waals surface area contributed by atoms with Crippen LogP contribution in [-0.4, -0.2) is 24.8 Å². The van der Waals surface area contributed by atoms with Gasteiger partial charge in [0.05, 0.1) is 10.9 Å². The number of halogens is 1. The van der Waals surface area contributed by atoms with Crippen molar-refractivity contribution in [2.45, 2.75) is 5.54 Å². The zero-order valence-electron chi connectivity index (χ0n) is 9.83. The van der Waals surface area contributed by atoms with Crippen molar-refractivity contribution in [2.75, 3.05) is 7.11 Å². The van der Waals surface area contributed by atoms with Crippen LogP contribution in [0.1, 0.15) is 4.88 Å². The summed E-state index contributed by atoms with van der Waals surface area (Å²) < 4.78 is 5.32. The minimum absolute atomic E-state index is 0.649. The number of ether oxygens (including phenoxy) is 1. The van der Waals surface area contributed by atoms with Crippen molar-refractivity contribution >= 4 is 39.5 Å². The highest BCUT2D eigenvalue weighted by molar-refractivity contribution is 9.11. The molecule has 0 atom stereocenters. The Morgan fingerprint density at radius 2 is 2.21 bits per heavy atom. The summed E-state index contributed by atoms with van der Waals surface area (Å²) in [4.78, 5) is 15.7. The van der Waals surface area contributed by atoms with Gasteiger partial charge in [-0.2, -0.15) is 10.5 Å². The molecule has 0 amide bonds. The molecule has 0 aliphatic carbocycles. The molecule has 1 rings (SSSR count). The summed E-state index contributed by atoms with van der Waals surface area (Å²) >= 11 is 4.71. The van der Waals surface area contributed by atoms with Gasteiger partial charge in [0.25, 0.3) is 5.54 Å². The number of nitriles is 2. The fraction of sp³-hybridized carbons (Fsp3) is 0.167. The van der Waals surface area contributed by atoms with Crippen LogP contribution >= 0.6 is 27.3 Å². The Morgan fingerprint density at radius 3 is 2.68 bits per heavy atom. The maximum atomic E-state index is 11.0. The van der Waals surface area contributed by atoms with E-state index in [1.54, 1.807) is 18.2 Å². The molecule has 0 fully saturated rings. The zero-order chi connectivity index (χ0) is 14.3. The summed E-state index contributed by atoms with van der Waals surface area (Å²) in [7, 11) is 1.21. The van der Waals surface area contributed by atoms with E-state index in [2.05, 4.69) is 25.7 Å².